The fourth-order valence-corrected chi connectivity index (χ4v) is 3.12. The van der Waals surface area contributed by atoms with Crippen LogP contribution in [0.1, 0.15) is 27.3 Å². The molecular weight excluding hydrogens is 379 g/mol. The Kier molecular flexibility index (Phi) is 5.14. The maximum absolute atomic E-state index is 13.4. The zero-order valence-electron chi connectivity index (χ0n) is 17.0. The highest BCUT2D eigenvalue weighted by Crippen LogP contribution is 2.23. The first-order valence-electron chi connectivity index (χ1n) is 9.60. The van der Waals surface area contributed by atoms with Crippen LogP contribution < -0.4 is 5.32 Å². The number of benzene rings is 3. The summed E-state index contributed by atoms with van der Waals surface area (Å²) < 4.78 is 15.0. The molecule has 0 aliphatic heterocycles. The Hall–Kier alpha value is -3.80. The van der Waals surface area contributed by atoms with Crippen molar-refractivity contribution in [3.8, 4) is 17.1 Å². The van der Waals surface area contributed by atoms with E-state index in [1.165, 1.54) is 12.1 Å². The number of aromatic nitrogens is 3. The second kappa shape index (κ2) is 7.91. The van der Waals surface area contributed by atoms with Crippen LogP contribution in [-0.4, -0.2) is 20.7 Å². The molecule has 3 aromatic carbocycles. The molecule has 0 unspecified atom stereocenters. The Morgan fingerprint density at radius 3 is 2.33 bits per heavy atom. The van der Waals surface area contributed by atoms with Crippen LogP contribution in [0.25, 0.3) is 17.1 Å². The van der Waals surface area contributed by atoms with Gasteiger partial charge in [0.15, 0.2) is 5.82 Å². The molecule has 0 aliphatic rings. The van der Waals surface area contributed by atoms with Crippen molar-refractivity contribution in [1.82, 2.24) is 14.8 Å². The minimum absolute atomic E-state index is 0.0378. The highest BCUT2D eigenvalue weighted by Gasteiger charge is 2.19. The predicted octanol–water partition coefficient (Wildman–Crippen LogP) is 5.25. The third-order valence-corrected chi connectivity index (χ3v) is 5.04. The average molecular weight is 400 g/mol. The molecule has 0 spiro atoms. The minimum Gasteiger partial charge on any atom is -0.319 e. The Labute approximate surface area is 174 Å². The number of carbonyl (C=O) groups is 1. The highest BCUT2D eigenvalue weighted by atomic mass is 19.1. The molecule has 1 heterocycles. The van der Waals surface area contributed by atoms with Crippen LogP contribution in [0.2, 0.25) is 0 Å². The van der Waals surface area contributed by atoms with E-state index in [1.54, 1.807) is 16.8 Å². The van der Waals surface area contributed by atoms with E-state index in [2.05, 4.69) is 15.4 Å². The van der Waals surface area contributed by atoms with Crippen LogP contribution >= 0.6 is 0 Å². The molecule has 0 radical (unpaired) electrons. The molecule has 0 fully saturated rings. The lowest BCUT2D eigenvalue weighted by atomic mass is 10.1. The molecule has 1 amide bonds. The molecule has 1 N–H and O–H groups in total. The highest BCUT2D eigenvalue weighted by molar-refractivity contribution is 6.02. The molecule has 6 heteroatoms. The number of aryl methyl sites for hydroxylation is 2. The summed E-state index contributed by atoms with van der Waals surface area (Å²) in [6.45, 7) is 5.93. The molecule has 0 saturated heterocycles. The summed E-state index contributed by atoms with van der Waals surface area (Å²) in [5, 5.41) is 7.35. The van der Waals surface area contributed by atoms with Crippen molar-refractivity contribution in [1.29, 1.82) is 0 Å². The number of nitrogens with one attached hydrogen (secondary N) is 1. The van der Waals surface area contributed by atoms with Gasteiger partial charge in [0.05, 0.1) is 5.69 Å². The fraction of sp³-hybridized carbons (Fsp3) is 0.125. The molecule has 0 atom stereocenters. The van der Waals surface area contributed by atoms with Gasteiger partial charge in [0.1, 0.15) is 5.82 Å². The molecule has 0 saturated carbocycles. The van der Waals surface area contributed by atoms with Gasteiger partial charge in [0.25, 0.3) is 5.91 Å². The predicted molar refractivity (Wildman–Crippen MR) is 115 cm³/mol. The summed E-state index contributed by atoms with van der Waals surface area (Å²) in [4.78, 5) is 17.4. The summed E-state index contributed by atoms with van der Waals surface area (Å²) >= 11 is 0. The van der Waals surface area contributed by atoms with Gasteiger partial charge in [0.2, 0.25) is 5.82 Å². The van der Waals surface area contributed by atoms with Gasteiger partial charge in [-0.25, -0.2) is 14.1 Å². The van der Waals surface area contributed by atoms with Gasteiger partial charge >= 0.3 is 0 Å². The van der Waals surface area contributed by atoms with Crippen LogP contribution in [0.4, 0.5) is 10.1 Å². The number of carbonyl (C=O) groups excluding carboxylic acids is 1. The van der Waals surface area contributed by atoms with E-state index < -0.39 is 5.91 Å². The zero-order chi connectivity index (χ0) is 21.3. The van der Waals surface area contributed by atoms with E-state index >= 15 is 0 Å². The molecule has 0 bridgehead atoms. The first-order valence-corrected chi connectivity index (χ1v) is 9.60. The van der Waals surface area contributed by atoms with E-state index in [0.717, 1.165) is 28.1 Å². The van der Waals surface area contributed by atoms with E-state index in [0.29, 0.717) is 11.4 Å². The summed E-state index contributed by atoms with van der Waals surface area (Å²) in [5.41, 5.74) is 5.32. The van der Waals surface area contributed by atoms with Crippen molar-refractivity contribution in [2.24, 2.45) is 0 Å². The second-order valence-electron chi connectivity index (χ2n) is 7.21. The Morgan fingerprint density at radius 1 is 0.933 bits per heavy atom. The van der Waals surface area contributed by atoms with Crippen molar-refractivity contribution >= 4 is 11.6 Å². The van der Waals surface area contributed by atoms with Gasteiger partial charge in [0, 0.05) is 11.3 Å². The summed E-state index contributed by atoms with van der Waals surface area (Å²) in [6.07, 6.45) is 0. The molecule has 1 aromatic heterocycles. The van der Waals surface area contributed by atoms with Crippen LogP contribution in [-0.2, 0) is 0 Å². The summed E-state index contributed by atoms with van der Waals surface area (Å²) in [7, 11) is 0. The lowest BCUT2D eigenvalue weighted by Gasteiger charge is -2.08. The van der Waals surface area contributed by atoms with E-state index in [1.807, 2.05) is 63.2 Å². The summed E-state index contributed by atoms with van der Waals surface area (Å²) in [6, 6.07) is 19.4. The number of hydrogen-bond acceptors (Lipinski definition) is 3. The third-order valence-electron chi connectivity index (χ3n) is 5.04. The first kappa shape index (κ1) is 19.5. The quantitative estimate of drug-likeness (QED) is 0.509. The molecule has 0 aliphatic carbocycles. The van der Waals surface area contributed by atoms with Crippen molar-refractivity contribution in [2.75, 3.05) is 5.32 Å². The molecule has 5 nitrogen and oxygen atoms in total. The van der Waals surface area contributed by atoms with Crippen LogP contribution in [0.15, 0.2) is 66.7 Å². The van der Waals surface area contributed by atoms with Gasteiger partial charge in [-0.2, -0.15) is 0 Å². The number of halogens is 1. The topological polar surface area (TPSA) is 59.8 Å². The van der Waals surface area contributed by atoms with Crippen molar-refractivity contribution in [3.05, 3.63) is 95.1 Å². The monoisotopic (exact) mass is 400 g/mol. The van der Waals surface area contributed by atoms with Crippen molar-refractivity contribution in [2.45, 2.75) is 20.8 Å². The Bertz CT molecular complexity index is 1150. The molecule has 4 rings (SSSR count). The third kappa shape index (κ3) is 3.85. The van der Waals surface area contributed by atoms with Gasteiger partial charge in [-0.1, -0.05) is 29.8 Å². The number of amides is 1. The van der Waals surface area contributed by atoms with E-state index in [-0.39, 0.29) is 11.6 Å². The SMILES string of the molecule is Cc1ccc(-n2nc(C(=O)Nc3cccc(C)c3C)nc2-c2ccc(F)cc2)cc1. The Balaban J connectivity index is 1.76. The maximum atomic E-state index is 13.4. The number of rotatable bonds is 4. The Morgan fingerprint density at radius 2 is 1.63 bits per heavy atom. The lowest BCUT2D eigenvalue weighted by Crippen LogP contribution is -2.15. The summed E-state index contributed by atoms with van der Waals surface area (Å²) in [5.74, 6) is -0.244. The van der Waals surface area contributed by atoms with Crippen LogP contribution in [0.5, 0.6) is 0 Å². The van der Waals surface area contributed by atoms with Gasteiger partial charge in [-0.3, -0.25) is 4.79 Å². The number of nitrogens with zero attached hydrogens (tertiary/aromatic N) is 3. The largest absolute Gasteiger partial charge is 0.319 e. The van der Waals surface area contributed by atoms with Crippen LogP contribution in [0.3, 0.4) is 0 Å². The molecule has 4 aromatic rings. The second-order valence-corrected chi connectivity index (χ2v) is 7.21. The molecule has 150 valence electrons. The molecule has 30 heavy (non-hydrogen) atoms. The lowest BCUT2D eigenvalue weighted by molar-refractivity contribution is 0.101. The maximum Gasteiger partial charge on any atom is 0.295 e. The van der Waals surface area contributed by atoms with Crippen molar-refractivity contribution < 1.29 is 9.18 Å². The minimum atomic E-state index is -0.405. The van der Waals surface area contributed by atoms with Gasteiger partial charge < -0.3 is 5.32 Å². The normalized spacial score (nSPS) is 10.8. The standard InChI is InChI=1S/C24H21FN4O/c1-15-7-13-20(14-8-15)29-23(18-9-11-19(25)12-10-18)27-22(28-29)24(30)26-21-6-4-5-16(2)17(21)3/h4-14H,1-3H3,(H,26,30). The molecular formula is C24H21FN4O. The van der Waals surface area contributed by atoms with Gasteiger partial charge in [-0.15, -0.1) is 5.10 Å². The zero-order valence-corrected chi connectivity index (χ0v) is 17.0. The average Bonchev–Trinajstić information content (AvgIpc) is 3.18. The van der Waals surface area contributed by atoms with Crippen molar-refractivity contribution in [3.63, 3.8) is 0 Å². The van der Waals surface area contributed by atoms with Crippen LogP contribution in [0, 0.1) is 26.6 Å². The number of hydrogen-bond donors (Lipinski definition) is 1. The fourth-order valence-electron chi connectivity index (χ4n) is 3.12. The van der Waals surface area contributed by atoms with E-state index in [9.17, 15) is 9.18 Å². The first-order chi connectivity index (χ1) is 14.4. The number of anilines is 1. The van der Waals surface area contributed by atoms with E-state index in [4.69, 9.17) is 0 Å². The smallest absolute Gasteiger partial charge is 0.295 e. The van der Waals surface area contributed by atoms with Gasteiger partial charge in [-0.05, 0) is 74.4 Å².